The summed E-state index contributed by atoms with van der Waals surface area (Å²) < 4.78 is 2.33. The zero-order valence-corrected chi connectivity index (χ0v) is 13.9. The third kappa shape index (κ3) is 4.45. The number of aryl methyl sites for hydroxylation is 1. The minimum atomic E-state index is 0.664. The van der Waals surface area contributed by atoms with E-state index in [9.17, 15) is 0 Å². The molecule has 1 aliphatic rings. The number of hydrogen-bond acceptors (Lipinski definition) is 2. The number of nitrogens with zero attached hydrogens (tertiary/aromatic N) is 2. The van der Waals surface area contributed by atoms with Gasteiger partial charge in [-0.3, -0.25) is 4.98 Å². The Morgan fingerprint density at radius 2 is 2.22 bits per heavy atom. The van der Waals surface area contributed by atoms with Gasteiger partial charge in [0.05, 0.1) is 12.2 Å². The quantitative estimate of drug-likeness (QED) is 0.450. The van der Waals surface area contributed by atoms with Gasteiger partial charge in [0.1, 0.15) is 0 Å². The number of halogens is 1. The van der Waals surface area contributed by atoms with Gasteiger partial charge in [-0.25, -0.2) is 3.11 Å². The lowest BCUT2D eigenvalue weighted by Crippen LogP contribution is -2.21. The van der Waals surface area contributed by atoms with E-state index < -0.39 is 0 Å². The van der Waals surface area contributed by atoms with Crippen LogP contribution in [0.5, 0.6) is 0 Å². The summed E-state index contributed by atoms with van der Waals surface area (Å²) in [5.41, 5.74) is 2.91. The van der Waals surface area contributed by atoms with E-state index in [1.165, 1.54) is 5.31 Å². The molecule has 1 aliphatic heterocycles. The fraction of sp³-hybridized carbons (Fsp3) is 0.357. The molecular formula is C14H18IN2P. The normalized spacial score (nSPS) is 20.4. The molecule has 1 aromatic heterocycles. The van der Waals surface area contributed by atoms with Gasteiger partial charge in [0.15, 0.2) is 0 Å². The van der Waals surface area contributed by atoms with Crippen LogP contribution in [0.2, 0.25) is 0 Å². The fourth-order valence-corrected chi connectivity index (χ4v) is 4.41. The van der Waals surface area contributed by atoms with Crippen molar-refractivity contribution in [2.45, 2.75) is 26.1 Å². The lowest BCUT2D eigenvalue weighted by molar-refractivity contribution is 0.510. The van der Waals surface area contributed by atoms with E-state index in [1.807, 2.05) is 13.0 Å². The van der Waals surface area contributed by atoms with Crippen molar-refractivity contribution < 1.29 is 0 Å². The Balaban J connectivity index is 1.87. The summed E-state index contributed by atoms with van der Waals surface area (Å²) in [4.78, 5) is 4.55. The largest absolute Gasteiger partial charge is 0.257 e. The molecule has 0 amide bonds. The van der Waals surface area contributed by atoms with Crippen LogP contribution in [0.25, 0.3) is 0 Å². The van der Waals surface area contributed by atoms with Gasteiger partial charge in [-0.05, 0) is 26.0 Å². The summed E-state index contributed by atoms with van der Waals surface area (Å²) in [7, 11) is 0.925. The van der Waals surface area contributed by atoms with Gasteiger partial charge in [-0.2, -0.15) is 0 Å². The van der Waals surface area contributed by atoms with Crippen molar-refractivity contribution in [1.29, 1.82) is 0 Å². The third-order valence-electron chi connectivity index (χ3n) is 2.78. The van der Waals surface area contributed by atoms with E-state index >= 15 is 0 Å². The van der Waals surface area contributed by atoms with Crippen molar-refractivity contribution in [3.63, 3.8) is 0 Å². The summed E-state index contributed by atoms with van der Waals surface area (Å²) in [6, 6.07) is 6.22. The predicted octanol–water partition coefficient (Wildman–Crippen LogP) is 4.06. The molecule has 2 nitrogen and oxygen atoms in total. The zero-order valence-electron chi connectivity index (χ0n) is 10.7. The smallest absolute Gasteiger partial charge is 0.0555 e. The molecule has 2 rings (SSSR count). The molecule has 0 saturated heterocycles. The molecule has 0 saturated carbocycles. The minimum absolute atomic E-state index is 0.664. The minimum Gasteiger partial charge on any atom is -0.257 e. The number of rotatable bonds is 4. The molecule has 2 heterocycles. The number of pyridine rings is 1. The van der Waals surface area contributed by atoms with Crippen molar-refractivity contribution in [2.75, 3.05) is 6.54 Å². The van der Waals surface area contributed by atoms with Gasteiger partial charge in [-0.1, -0.05) is 38.2 Å². The summed E-state index contributed by atoms with van der Waals surface area (Å²) >= 11 is 2.41. The van der Waals surface area contributed by atoms with Gasteiger partial charge in [-0.15, -0.1) is 0 Å². The van der Waals surface area contributed by atoms with Crippen LogP contribution in [0.1, 0.15) is 18.3 Å². The van der Waals surface area contributed by atoms with Crippen LogP contribution in [0, 0.1) is 6.92 Å². The molecule has 2 unspecified atom stereocenters. The van der Waals surface area contributed by atoms with Gasteiger partial charge in [0.2, 0.25) is 0 Å². The van der Waals surface area contributed by atoms with Crippen LogP contribution in [0.4, 0.5) is 0 Å². The molecule has 1 aromatic rings. The van der Waals surface area contributed by atoms with Crippen LogP contribution in [-0.2, 0) is 6.54 Å². The summed E-state index contributed by atoms with van der Waals surface area (Å²) in [5, 5.41) is 1.50. The van der Waals surface area contributed by atoms with Crippen LogP contribution in [0.3, 0.4) is 0 Å². The highest BCUT2D eigenvalue weighted by molar-refractivity contribution is 14.1. The van der Waals surface area contributed by atoms with Crippen molar-refractivity contribution in [3.05, 3.63) is 53.1 Å². The third-order valence-corrected chi connectivity index (χ3v) is 4.88. The molecule has 4 heteroatoms. The van der Waals surface area contributed by atoms with E-state index in [0.29, 0.717) is 5.66 Å². The Hall–Kier alpha value is -0.250. The summed E-state index contributed by atoms with van der Waals surface area (Å²) in [5.74, 6) is 0. The van der Waals surface area contributed by atoms with E-state index in [2.05, 4.69) is 68.2 Å². The van der Waals surface area contributed by atoms with Crippen molar-refractivity contribution >= 4 is 31.4 Å². The first-order valence-electron chi connectivity index (χ1n) is 6.08. The molecule has 96 valence electrons. The van der Waals surface area contributed by atoms with Crippen LogP contribution < -0.4 is 0 Å². The SMILES string of the molecule is CC1=CC=CC(CN(I)Cc2cccc(C)n2)P1. The number of allylic oxidation sites excluding steroid dienone is 3. The molecule has 0 fully saturated rings. The molecule has 0 spiro atoms. The Morgan fingerprint density at radius 1 is 1.39 bits per heavy atom. The first kappa shape index (κ1) is 14.2. The maximum absolute atomic E-state index is 4.55. The Morgan fingerprint density at radius 3 is 2.94 bits per heavy atom. The highest BCUT2D eigenvalue weighted by Gasteiger charge is 2.13. The van der Waals surface area contributed by atoms with Crippen LogP contribution >= 0.6 is 31.4 Å². The molecular weight excluding hydrogens is 354 g/mol. The molecule has 18 heavy (non-hydrogen) atoms. The van der Waals surface area contributed by atoms with Crippen molar-refractivity contribution in [3.8, 4) is 0 Å². The number of hydrogen-bond donors (Lipinski definition) is 0. The highest BCUT2D eigenvalue weighted by Crippen LogP contribution is 2.34. The Labute approximate surface area is 125 Å². The monoisotopic (exact) mass is 372 g/mol. The van der Waals surface area contributed by atoms with Crippen LogP contribution in [0.15, 0.2) is 41.7 Å². The second-order valence-electron chi connectivity index (χ2n) is 4.56. The van der Waals surface area contributed by atoms with E-state index in [-0.39, 0.29) is 0 Å². The molecule has 2 atom stereocenters. The topological polar surface area (TPSA) is 16.1 Å². The van der Waals surface area contributed by atoms with Gasteiger partial charge in [0, 0.05) is 40.8 Å². The standard InChI is InChI=1S/C14H18IN2P/c1-11-5-3-7-13(16-11)9-17(15)10-14-8-4-6-12(2)18-14/h3-8,14,18H,9-10H2,1-2H3. The van der Waals surface area contributed by atoms with Crippen molar-refractivity contribution in [1.82, 2.24) is 8.10 Å². The lowest BCUT2D eigenvalue weighted by Gasteiger charge is -2.22. The van der Waals surface area contributed by atoms with Gasteiger partial charge in [0.25, 0.3) is 0 Å². The first-order valence-corrected chi connectivity index (χ1v) is 8.12. The Kier molecular flexibility index (Phi) is 5.34. The lowest BCUT2D eigenvalue weighted by atomic mass is 10.3. The van der Waals surface area contributed by atoms with E-state index in [4.69, 9.17) is 0 Å². The summed E-state index contributed by atoms with van der Waals surface area (Å²) in [6.07, 6.45) is 6.72. The maximum atomic E-state index is 4.55. The summed E-state index contributed by atoms with van der Waals surface area (Å²) in [6.45, 7) is 6.27. The second-order valence-corrected chi connectivity index (χ2v) is 7.74. The number of aromatic nitrogens is 1. The fourth-order valence-electron chi connectivity index (χ4n) is 1.97. The maximum Gasteiger partial charge on any atom is 0.0555 e. The molecule has 0 aliphatic carbocycles. The molecule has 0 bridgehead atoms. The van der Waals surface area contributed by atoms with Crippen molar-refractivity contribution in [2.24, 2.45) is 0 Å². The molecule has 0 radical (unpaired) electrons. The highest BCUT2D eigenvalue weighted by atomic mass is 127. The second kappa shape index (κ2) is 6.78. The van der Waals surface area contributed by atoms with Gasteiger partial charge >= 0.3 is 0 Å². The van der Waals surface area contributed by atoms with Gasteiger partial charge < -0.3 is 0 Å². The molecule has 0 aromatic carbocycles. The average molecular weight is 372 g/mol. The van der Waals surface area contributed by atoms with E-state index in [0.717, 1.165) is 33.1 Å². The Bertz CT molecular complexity index is 471. The van der Waals surface area contributed by atoms with Crippen LogP contribution in [-0.4, -0.2) is 20.3 Å². The average Bonchev–Trinajstić information content (AvgIpc) is 2.28. The molecule has 0 N–H and O–H groups in total. The zero-order chi connectivity index (χ0) is 13.0. The predicted molar refractivity (Wildman–Crippen MR) is 88.4 cm³/mol. The first-order chi connectivity index (χ1) is 8.63. The van der Waals surface area contributed by atoms with E-state index in [1.54, 1.807) is 0 Å².